The summed E-state index contributed by atoms with van der Waals surface area (Å²) in [6.45, 7) is 1.46. The number of nitrogens with one attached hydrogen (secondary N) is 1. The molecule has 6 heteroatoms. The lowest BCUT2D eigenvalue weighted by molar-refractivity contribution is 0.0702. The van der Waals surface area contributed by atoms with E-state index >= 15 is 0 Å². The van der Waals surface area contributed by atoms with E-state index in [4.69, 9.17) is 11.6 Å². The van der Waals surface area contributed by atoms with Gasteiger partial charge in [0, 0.05) is 29.7 Å². The number of benzene rings is 2. The molecule has 0 unspecified atom stereocenters. The quantitative estimate of drug-likeness (QED) is 0.463. The SMILES string of the molecule is O=C(O)c1ccc(-n2cc(CNCc3ccc(Cl)cc3)c3ccccc32)s1. The minimum absolute atomic E-state index is 0.338. The van der Waals surface area contributed by atoms with E-state index in [0.29, 0.717) is 11.4 Å². The highest BCUT2D eigenvalue weighted by molar-refractivity contribution is 7.16. The predicted octanol–water partition coefficient (Wildman–Crippen LogP) is 5.33. The van der Waals surface area contributed by atoms with Crippen LogP contribution >= 0.6 is 22.9 Å². The molecular weight excluding hydrogens is 380 g/mol. The van der Waals surface area contributed by atoms with Gasteiger partial charge in [-0.1, -0.05) is 41.9 Å². The molecule has 0 atom stereocenters. The summed E-state index contributed by atoms with van der Waals surface area (Å²) < 4.78 is 2.06. The molecule has 0 radical (unpaired) electrons. The topological polar surface area (TPSA) is 54.3 Å². The number of para-hydroxylation sites is 1. The highest BCUT2D eigenvalue weighted by Crippen LogP contribution is 2.29. The van der Waals surface area contributed by atoms with E-state index in [1.54, 1.807) is 6.07 Å². The van der Waals surface area contributed by atoms with Crippen LogP contribution < -0.4 is 5.32 Å². The zero-order valence-corrected chi connectivity index (χ0v) is 15.9. The average molecular weight is 397 g/mol. The molecule has 0 fully saturated rings. The molecule has 2 N–H and O–H groups in total. The fraction of sp³-hybridized carbons (Fsp3) is 0.0952. The monoisotopic (exact) mass is 396 g/mol. The summed E-state index contributed by atoms with van der Waals surface area (Å²) in [6, 6.07) is 19.5. The summed E-state index contributed by atoms with van der Waals surface area (Å²) in [4.78, 5) is 11.5. The van der Waals surface area contributed by atoms with E-state index < -0.39 is 5.97 Å². The Labute approximate surface area is 165 Å². The number of hydrogen-bond donors (Lipinski definition) is 2. The standard InChI is InChI=1S/C21H17ClN2O2S/c22-16-7-5-14(6-8-16)11-23-12-15-13-24(18-4-2-1-3-17(15)18)20-10-9-19(27-20)21(25)26/h1-10,13,23H,11-12H2,(H,25,26). The minimum atomic E-state index is -0.896. The molecule has 4 rings (SSSR count). The molecule has 0 spiro atoms. The van der Waals surface area contributed by atoms with Crippen LogP contribution in [0.25, 0.3) is 15.9 Å². The molecule has 4 nitrogen and oxygen atoms in total. The Morgan fingerprint density at radius 1 is 1.04 bits per heavy atom. The van der Waals surface area contributed by atoms with E-state index in [1.165, 1.54) is 22.5 Å². The van der Waals surface area contributed by atoms with Gasteiger partial charge in [-0.15, -0.1) is 11.3 Å². The third-order valence-electron chi connectivity index (χ3n) is 4.39. The molecule has 0 aliphatic carbocycles. The highest BCUT2D eigenvalue weighted by atomic mass is 35.5. The molecule has 2 aromatic carbocycles. The van der Waals surface area contributed by atoms with Gasteiger partial charge in [0.1, 0.15) is 9.88 Å². The first kappa shape index (κ1) is 17.8. The number of aromatic nitrogens is 1. The van der Waals surface area contributed by atoms with Crippen LogP contribution in [0.4, 0.5) is 0 Å². The first-order valence-electron chi connectivity index (χ1n) is 8.49. The van der Waals surface area contributed by atoms with Crippen LogP contribution in [0.2, 0.25) is 5.02 Å². The van der Waals surface area contributed by atoms with Crippen molar-refractivity contribution in [2.45, 2.75) is 13.1 Å². The average Bonchev–Trinajstić information content (AvgIpc) is 3.29. The number of carboxylic acid groups (broad SMARTS) is 1. The molecular formula is C21H17ClN2O2S. The third-order valence-corrected chi connectivity index (χ3v) is 5.72. The van der Waals surface area contributed by atoms with Crippen LogP contribution in [-0.2, 0) is 13.1 Å². The molecule has 0 saturated heterocycles. The predicted molar refractivity (Wildman–Crippen MR) is 110 cm³/mol. The Balaban J connectivity index is 1.59. The molecule has 27 heavy (non-hydrogen) atoms. The molecule has 136 valence electrons. The van der Waals surface area contributed by atoms with E-state index in [-0.39, 0.29) is 0 Å². The minimum Gasteiger partial charge on any atom is -0.477 e. The Morgan fingerprint density at radius 3 is 2.56 bits per heavy atom. The van der Waals surface area contributed by atoms with E-state index in [9.17, 15) is 9.90 Å². The lowest BCUT2D eigenvalue weighted by Crippen LogP contribution is -2.12. The second-order valence-electron chi connectivity index (χ2n) is 6.21. The Morgan fingerprint density at radius 2 is 1.81 bits per heavy atom. The number of carbonyl (C=O) groups is 1. The van der Waals surface area contributed by atoms with Crippen molar-refractivity contribution in [3.05, 3.63) is 87.9 Å². The zero-order chi connectivity index (χ0) is 18.8. The van der Waals surface area contributed by atoms with Crippen molar-refractivity contribution in [3.8, 4) is 5.00 Å². The van der Waals surface area contributed by atoms with Gasteiger partial charge in [-0.05, 0) is 41.5 Å². The van der Waals surface area contributed by atoms with E-state index in [2.05, 4.69) is 28.2 Å². The summed E-state index contributed by atoms with van der Waals surface area (Å²) in [5, 5.41) is 15.4. The number of aromatic carboxylic acids is 1. The summed E-state index contributed by atoms with van der Waals surface area (Å²) in [5.74, 6) is -0.896. The molecule has 0 aliphatic heterocycles. The lowest BCUT2D eigenvalue weighted by atomic mass is 10.1. The van der Waals surface area contributed by atoms with Crippen molar-refractivity contribution in [2.24, 2.45) is 0 Å². The van der Waals surface area contributed by atoms with Crippen molar-refractivity contribution < 1.29 is 9.90 Å². The van der Waals surface area contributed by atoms with Crippen LogP contribution in [0, 0.1) is 0 Å². The van der Waals surface area contributed by atoms with Crippen molar-refractivity contribution in [1.82, 2.24) is 9.88 Å². The first-order chi connectivity index (χ1) is 13.1. The van der Waals surface area contributed by atoms with Crippen LogP contribution in [-0.4, -0.2) is 15.6 Å². The number of nitrogens with zero attached hydrogens (tertiary/aromatic N) is 1. The van der Waals surface area contributed by atoms with Gasteiger partial charge in [0.25, 0.3) is 0 Å². The highest BCUT2D eigenvalue weighted by Gasteiger charge is 2.13. The van der Waals surface area contributed by atoms with Gasteiger partial charge in [-0.2, -0.15) is 0 Å². The lowest BCUT2D eigenvalue weighted by Gasteiger charge is -2.04. The number of hydrogen-bond acceptors (Lipinski definition) is 3. The molecule has 4 aromatic rings. The second kappa shape index (κ2) is 7.56. The largest absolute Gasteiger partial charge is 0.477 e. The van der Waals surface area contributed by atoms with Crippen molar-refractivity contribution in [1.29, 1.82) is 0 Å². The molecule has 0 aliphatic rings. The third kappa shape index (κ3) is 3.76. The van der Waals surface area contributed by atoms with Crippen LogP contribution in [0.5, 0.6) is 0 Å². The number of thiophene rings is 1. The first-order valence-corrected chi connectivity index (χ1v) is 9.69. The molecule has 0 amide bonds. The summed E-state index contributed by atoms with van der Waals surface area (Å²) >= 11 is 7.21. The fourth-order valence-electron chi connectivity index (χ4n) is 3.09. The van der Waals surface area contributed by atoms with Crippen molar-refractivity contribution in [2.75, 3.05) is 0 Å². The van der Waals surface area contributed by atoms with Gasteiger partial charge >= 0.3 is 5.97 Å². The number of carboxylic acids is 1. The Kier molecular flexibility index (Phi) is 4.99. The number of fused-ring (bicyclic) bond motifs is 1. The maximum Gasteiger partial charge on any atom is 0.345 e. The van der Waals surface area contributed by atoms with Gasteiger partial charge in [-0.25, -0.2) is 4.79 Å². The van der Waals surface area contributed by atoms with Crippen LogP contribution in [0.1, 0.15) is 20.8 Å². The van der Waals surface area contributed by atoms with Crippen molar-refractivity contribution in [3.63, 3.8) is 0 Å². The molecule has 0 bridgehead atoms. The molecule has 2 aromatic heterocycles. The molecule has 2 heterocycles. The second-order valence-corrected chi connectivity index (χ2v) is 7.71. The van der Waals surface area contributed by atoms with Gasteiger partial charge < -0.3 is 15.0 Å². The van der Waals surface area contributed by atoms with E-state index in [0.717, 1.165) is 27.5 Å². The molecule has 0 saturated carbocycles. The normalized spacial score (nSPS) is 11.1. The summed E-state index contributed by atoms with van der Waals surface area (Å²) in [7, 11) is 0. The van der Waals surface area contributed by atoms with Gasteiger partial charge in [-0.3, -0.25) is 0 Å². The van der Waals surface area contributed by atoms with E-state index in [1.807, 2.05) is 42.5 Å². The smallest absolute Gasteiger partial charge is 0.345 e. The van der Waals surface area contributed by atoms with Crippen molar-refractivity contribution >= 4 is 39.8 Å². The van der Waals surface area contributed by atoms with Gasteiger partial charge in [0.15, 0.2) is 0 Å². The maximum absolute atomic E-state index is 11.2. The number of halogens is 1. The Hall–Kier alpha value is -2.60. The van der Waals surface area contributed by atoms with Crippen LogP contribution in [0.3, 0.4) is 0 Å². The van der Waals surface area contributed by atoms with Gasteiger partial charge in [0.2, 0.25) is 0 Å². The fourth-order valence-corrected chi connectivity index (χ4v) is 4.05. The Bertz CT molecular complexity index is 1100. The van der Waals surface area contributed by atoms with Gasteiger partial charge in [0.05, 0.1) is 5.52 Å². The van der Waals surface area contributed by atoms with Crippen LogP contribution in [0.15, 0.2) is 66.9 Å². The summed E-state index contributed by atoms with van der Waals surface area (Å²) in [6.07, 6.45) is 2.08. The zero-order valence-electron chi connectivity index (χ0n) is 14.4. The number of rotatable bonds is 6. The maximum atomic E-state index is 11.2. The summed E-state index contributed by atoms with van der Waals surface area (Å²) in [5.41, 5.74) is 3.41.